The first kappa shape index (κ1) is 14.0. The quantitative estimate of drug-likeness (QED) is 0.911. The van der Waals surface area contributed by atoms with Crippen molar-refractivity contribution in [3.63, 3.8) is 0 Å². The fraction of sp³-hybridized carbons (Fsp3) is 0.692. The standard InChI is InChI=1S/C13H19F2N3O/c1-8-10(9(2)17-16-8)4-12(19)18-6-13(3,7-18)5-11(14)15/h11H,4-7H2,1-3H3,(H,16,17). The number of aromatic nitrogens is 2. The summed E-state index contributed by atoms with van der Waals surface area (Å²) in [5, 5.41) is 6.89. The second-order valence-corrected chi connectivity index (χ2v) is 5.75. The van der Waals surface area contributed by atoms with Gasteiger partial charge in [-0.25, -0.2) is 8.78 Å². The lowest BCUT2D eigenvalue weighted by molar-refractivity contribution is -0.144. The second-order valence-electron chi connectivity index (χ2n) is 5.75. The number of hydrogen-bond donors (Lipinski definition) is 1. The minimum Gasteiger partial charge on any atom is -0.341 e. The maximum atomic E-state index is 12.4. The summed E-state index contributed by atoms with van der Waals surface area (Å²) < 4.78 is 24.7. The third-order valence-corrected chi connectivity index (χ3v) is 3.75. The monoisotopic (exact) mass is 271 g/mol. The van der Waals surface area contributed by atoms with Crippen molar-refractivity contribution in [2.75, 3.05) is 13.1 Å². The number of aromatic amines is 1. The number of alkyl halides is 2. The zero-order valence-corrected chi connectivity index (χ0v) is 11.5. The van der Waals surface area contributed by atoms with Crippen LogP contribution in [0.1, 0.15) is 30.3 Å². The van der Waals surface area contributed by atoms with Crippen molar-refractivity contribution in [2.24, 2.45) is 5.41 Å². The van der Waals surface area contributed by atoms with Crippen LogP contribution in [0.25, 0.3) is 0 Å². The summed E-state index contributed by atoms with van der Waals surface area (Å²) in [6.45, 7) is 6.37. The van der Waals surface area contributed by atoms with E-state index in [0.717, 1.165) is 17.0 Å². The van der Waals surface area contributed by atoms with Crippen LogP contribution in [-0.2, 0) is 11.2 Å². The van der Waals surface area contributed by atoms with Gasteiger partial charge < -0.3 is 4.90 Å². The SMILES string of the molecule is Cc1n[nH]c(C)c1CC(=O)N1CC(C)(CC(F)F)C1. The molecule has 0 atom stereocenters. The molecule has 0 unspecified atom stereocenters. The molecule has 2 heterocycles. The number of hydrogen-bond acceptors (Lipinski definition) is 2. The summed E-state index contributed by atoms with van der Waals surface area (Å²) in [5.74, 6) is -0.0145. The predicted molar refractivity (Wildman–Crippen MR) is 67.1 cm³/mol. The highest BCUT2D eigenvalue weighted by molar-refractivity contribution is 5.80. The van der Waals surface area contributed by atoms with Gasteiger partial charge in [-0.15, -0.1) is 0 Å². The van der Waals surface area contributed by atoms with E-state index in [9.17, 15) is 13.6 Å². The molecule has 1 saturated heterocycles. The van der Waals surface area contributed by atoms with Crippen LogP contribution >= 0.6 is 0 Å². The maximum absolute atomic E-state index is 12.4. The number of carbonyl (C=O) groups is 1. The topological polar surface area (TPSA) is 49.0 Å². The van der Waals surface area contributed by atoms with Gasteiger partial charge >= 0.3 is 0 Å². The van der Waals surface area contributed by atoms with Gasteiger partial charge in [0, 0.05) is 36.2 Å². The van der Waals surface area contributed by atoms with Gasteiger partial charge in [0.25, 0.3) is 0 Å². The number of amides is 1. The molecule has 6 heteroatoms. The molecule has 1 aliphatic heterocycles. The summed E-state index contributed by atoms with van der Waals surface area (Å²) in [7, 11) is 0. The van der Waals surface area contributed by atoms with Crippen LogP contribution in [0.3, 0.4) is 0 Å². The minimum absolute atomic E-state index is 0.0145. The normalized spacial score (nSPS) is 17.7. The molecule has 0 bridgehead atoms. The number of aryl methyl sites for hydroxylation is 2. The first-order valence-corrected chi connectivity index (χ1v) is 6.37. The van der Waals surface area contributed by atoms with Crippen molar-refractivity contribution in [3.05, 3.63) is 17.0 Å². The summed E-state index contributed by atoms with van der Waals surface area (Å²) in [5.41, 5.74) is 2.19. The van der Waals surface area contributed by atoms with E-state index in [1.54, 1.807) is 11.8 Å². The third kappa shape index (κ3) is 2.93. The number of carbonyl (C=O) groups excluding carboxylic acids is 1. The third-order valence-electron chi connectivity index (χ3n) is 3.75. The molecule has 4 nitrogen and oxygen atoms in total. The lowest BCUT2D eigenvalue weighted by atomic mass is 9.78. The molecule has 0 saturated carbocycles. The fourth-order valence-electron chi connectivity index (χ4n) is 2.65. The Labute approximate surface area is 111 Å². The first-order valence-electron chi connectivity index (χ1n) is 6.37. The number of rotatable bonds is 4. The molecular weight excluding hydrogens is 252 g/mol. The largest absolute Gasteiger partial charge is 0.341 e. The minimum atomic E-state index is -2.30. The van der Waals surface area contributed by atoms with Gasteiger partial charge in [-0.2, -0.15) is 5.10 Å². The molecule has 1 aromatic heterocycles. The maximum Gasteiger partial charge on any atom is 0.239 e. The van der Waals surface area contributed by atoms with E-state index in [-0.39, 0.29) is 12.3 Å². The van der Waals surface area contributed by atoms with Crippen LogP contribution in [0.5, 0.6) is 0 Å². The average molecular weight is 271 g/mol. The predicted octanol–water partition coefficient (Wildman–Crippen LogP) is 2.07. The Morgan fingerprint density at radius 1 is 1.47 bits per heavy atom. The zero-order chi connectivity index (χ0) is 14.2. The van der Waals surface area contributed by atoms with E-state index in [0.29, 0.717) is 19.5 Å². The first-order chi connectivity index (χ1) is 8.81. The Morgan fingerprint density at radius 2 is 2.11 bits per heavy atom. The van der Waals surface area contributed by atoms with Crippen molar-refractivity contribution in [2.45, 2.75) is 40.0 Å². The van der Waals surface area contributed by atoms with Gasteiger partial charge in [0.2, 0.25) is 12.3 Å². The zero-order valence-electron chi connectivity index (χ0n) is 11.5. The van der Waals surface area contributed by atoms with Crippen LogP contribution in [0.4, 0.5) is 8.78 Å². The second kappa shape index (κ2) is 4.90. The van der Waals surface area contributed by atoms with E-state index in [1.807, 2.05) is 13.8 Å². The molecule has 0 aliphatic carbocycles. The smallest absolute Gasteiger partial charge is 0.239 e. The Kier molecular flexibility index (Phi) is 3.60. The van der Waals surface area contributed by atoms with Gasteiger partial charge in [-0.3, -0.25) is 9.89 Å². The molecule has 2 rings (SSSR count). The Hall–Kier alpha value is -1.46. The summed E-state index contributed by atoms with van der Waals surface area (Å²) >= 11 is 0. The highest BCUT2D eigenvalue weighted by Gasteiger charge is 2.42. The molecule has 0 radical (unpaired) electrons. The van der Waals surface area contributed by atoms with E-state index in [1.165, 1.54) is 0 Å². The molecule has 106 valence electrons. The van der Waals surface area contributed by atoms with Gasteiger partial charge in [0.15, 0.2) is 0 Å². The van der Waals surface area contributed by atoms with Crippen molar-refractivity contribution in [1.82, 2.24) is 15.1 Å². The average Bonchev–Trinajstić information content (AvgIpc) is 2.56. The van der Waals surface area contributed by atoms with Crippen molar-refractivity contribution < 1.29 is 13.6 Å². The Morgan fingerprint density at radius 3 is 2.58 bits per heavy atom. The molecule has 19 heavy (non-hydrogen) atoms. The van der Waals surface area contributed by atoms with Crippen LogP contribution in [0, 0.1) is 19.3 Å². The lowest BCUT2D eigenvalue weighted by Crippen LogP contribution is -2.58. The van der Waals surface area contributed by atoms with Crippen LogP contribution in [0.15, 0.2) is 0 Å². The number of likely N-dealkylation sites (tertiary alicyclic amines) is 1. The van der Waals surface area contributed by atoms with Crippen LogP contribution < -0.4 is 0 Å². The molecule has 1 aliphatic rings. The van der Waals surface area contributed by atoms with E-state index < -0.39 is 11.8 Å². The molecule has 1 fully saturated rings. The van der Waals surface area contributed by atoms with Crippen molar-refractivity contribution in [3.8, 4) is 0 Å². The van der Waals surface area contributed by atoms with E-state index >= 15 is 0 Å². The number of halogens is 2. The molecule has 0 spiro atoms. The highest BCUT2D eigenvalue weighted by Crippen LogP contribution is 2.36. The van der Waals surface area contributed by atoms with E-state index in [4.69, 9.17) is 0 Å². The number of H-pyrrole nitrogens is 1. The summed E-state index contributed by atoms with van der Waals surface area (Å²) in [4.78, 5) is 13.7. The van der Waals surface area contributed by atoms with Gasteiger partial charge in [0.05, 0.1) is 12.1 Å². The fourth-order valence-corrected chi connectivity index (χ4v) is 2.65. The van der Waals surface area contributed by atoms with Crippen molar-refractivity contribution >= 4 is 5.91 Å². The Bertz CT molecular complexity index is 459. The number of nitrogens with zero attached hydrogens (tertiary/aromatic N) is 2. The van der Waals surface area contributed by atoms with Gasteiger partial charge in [-0.05, 0) is 13.8 Å². The molecule has 1 amide bonds. The van der Waals surface area contributed by atoms with Gasteiger partial charge in [-0.1, -0.05) is 6.92 Å². The summed E-state index contributed by atoms with van der Waals surface area (Å²) in [6.07, 6.45) is -2.15. The molecule has 1 N–H and O–H groups in total. The molecular formula is C13H19F2N3O. The van der Waals surface area contributed by atoms with E-state index in [2.05, 4.69) is 10.2 Å². The van der Waals surface area contributed by atoms with Gasteiger partial charge in [0.1, 0.15) is 0 Å². The van der Waals surface area contributed by atoms with Crippen LogP contribution in [0.2, 0.25) is 0 Å². The molecule has 0 aromatic carbocycles. The number of nitrogens with one attached hydrogen (secondary N) is 1. The van der Waals surface area contributed by atoms with Crippen LogP contribution in [-0.4, -0.2) is 40.5 Å². The lowest BCUT2D eigenvalue weighted by Gasteiger charge is -2.48. The summed E-state index contributed by atoms with van der Waals surface area (Å²) in [6, 6.07) is 0. The highest BCUT2D eigenvalue weighted by atomic mass is 19.3. The Balaban J connectivity index is 1.90. The van der Waals surface area contributed by atoms with Crippen molar-refractivity contribution in [1.29, 1.82) is 0 Å². The molecule has 1 aromatic rings.